The zero-order valence-electron chi connectivity index (χ0n) is 16.5. The maximum atomic E-state index is 12.8. The molecule has 152 valence electrons. The molecule has 2 aliphatic rings. The van der Waals surface area contributed by atoms with E-state index in [1.54, 1.807) is 49.7 Å². The second kappa shape index (κ2) is 8.51. The smallest absolute Gasteiger partial charge is 0.255 e. The molecule has 4 rings (SSSR count). The summed E-state index contributed by atoms with van der Waals surface area (Å²) in [6.45, 7) is 1.13. The highest BCUT2D eigenvalue weighted by Crippen LogP contribution is 2.23. The number of nitrogens with zero attached hydrogens (tertiary/aromatic N) is 2. The fourth-order valence-corrected chi connectivity index (χ4v) is 3.46. The summed E-state index contributed by atoms with van der Waals surface area (Å²) in [5.41, 5.74) is 1.18. The second-order valence-electron chi connectivity index (χ2n) is 7.47. The fourth-order valence-electron chi connectivity index (χ4n) is 3.46. The molecule has 7 nitrogen and oxygen atoms in total. The van der Waals surface area contributed by atoms with E-state index in [1.165, 1.54) is 0 Å². The first-order valence-corrected chi connectivity index (χ1v) is 9.99. The number of carbonyl (C=O) groups is 2. The topological polar surface area (TPSA) is 80.8 Å². The van der Waals surface area contributed by atoms with Crippen LogP contribution in [0.25, 0.3) is 0 Å². The van der Waals surface area contributed by atoms with Crippen LogP contribution in [0.5, 0.6) is 11.6 Å². The number of hydrogen-bond donors (Lipinski definition) is 1. The zero-order chi connectivity index (χ0) is 20.2. The lowest BCUT2D eigenvalue weighted by Gasteiger charge is -2.25. The number of aromatic nitrogens is 1. The van der Waals surface area contributed by atoms with Gasteiger partial charge in [-0.05, 0) is 56.0 Å². The van der Waals surface area contributed by atoms with E-state index in [0.717, 1.165) is 25.7 Å². The maximum absolute atomic E-state index is 12.8. The highest BCUT2D eigenvalue weighted by molar-refractivity contribution is 5.95. The van der Waals surface area contributed by atoms with Gasteiger partial charge >= 0.3 is 0 Å². The van der Waals surface area contributed by atoms with Gasteiger partial charge in [0.05, 0.1) is 18.7 Å². The first-order valence-electron chi connectivity index (χ1n) is 9.99. The lowest BCUT2D eigenvalue weighted by molar-refractivity contribution is 0.0690. The average Bonchev–Trinajstić information content (AvgIpc) is 3.45. The molecular formula is C22H25N3O4. The van der Waals surface area contributed by atoms with Gasteiger partial charge in [-0.25, -0.2) is 4.98 Å². The van der Waals surface area contributed by atoms with E-state index in [-0.39, 0.29) is 17.9 Å². The minimum atomic E-state index is -0.0432. The lowest BCUT2D eigenvalue weighted by atomic mass is 10.2. The Kier molecular flexibility index (Phi) is 5.64. The molecule has 2 heterocycles. The van der Waals surface area contributed by atoms with Crippen LogP contribution in [0.3, 0.4) is 0 Å². The summed E-state index contributed by atoms with van der Waals surface area (Å²) >= 11 is 0. The summed E-state index contributed by atoms with van der Waals surface area (Å²) in [6, 6.07) is 10.9. The maximum Gasteiger partial charge on any atom is 0.255 e. The van der Waals surface area contributed by atoms with Crippen molar-refractivity contribution >= 4 is 11.8 Å². The third-order valence-corrected chi connectivity index (χ3v) is 5.30. The first-order chi connectivity index (χ1) is 14.1. The lowest BCUT2D eigenvalue weighted by Crippen LogP contribution is -2.39. The minimum absolute atomic E-state index is 0.0162. The number of carbonyl (C=O) groups excluding carboxylic acids is 2. The summed E-state index contributed by atoms with van der Waals surface area (Å²) < 4.78 is 11.0. The molecule has 1 N–H and O–H groups in total. The van der Waals surface area contributed by atoms with Crippen molar-refractivity contribution in [2.45, 2.75) is 37.8 Å². The first kappa shape index (κ1) is 19.2. The van der Waals surface area contributed by atoms with Gasteiger partial charge in [-0.2, -0.15) is 0 Å². The SMILES string of the molecule is COc1ccc(C(=O)N2CCCC2COc2ccc(C(=O)NC3CC3)cc2)cn1. The monoisotopic (exact) mass is 395 g/mol. The third-order valence-electron chi connectivity index (χ3n) is 5.30. The number of nitrogens with one attached hydrogen (secondary N) is 1. The van der Waals surface area contributed by atoms with Crippen molar-refractivity contribution in [3.05, 3.63) is 53.7 Å². The third kappa shape index (κ3) is 4.67. The number of ether oxygens (including phenoxy) is 2. The Morgan fingerprint density at radius 2 is 1.86 bits per heavy atom. The molecule has 7 heteroatoms. The van der Waals surface area contributed by atoms with Crippen LogP contribution in [0.4, 0.5) is 0 Å². The minimum Gasteiger partial charge on any atom is -0.491 e. The van der Waals surface area contributed by atoms with Gasteiger partial charge in [-0.15, -0.1) is 0 Å². The molecule has 1 aromatic heterocycles. The van der Waals surface area contributed by atoms with Crippen molar-refractivity contribution in [3.63, 3.8) is 0 Å². The van der Waals surface area contributed by atoms with E-state index in [4.69, 9.17) is 9.47 Å². The molecule has 1 aliphatic heterocycles. The van der Waals surface area contributed by atoms with Gasteiger partial charge in [-0.3, -0.25) is 9.59 Å². The fraction of sp³-hybridized carbons (Fsp3) is 0.409. The average molecular weight is 395 g/mol. The molecule has 1 atom stereocenters. The van der Waals surface area contributed by atoms with Gasteiger partial charge in [0.25, 0.3) is 11.8 Å². The van der Waals surface area contributed by atoms with Crippen LogP contribution in [0.2, 0.25) is 0 Å². The number of rotatable bonds is 7. The molecule has 29 heavy (non-hydrogen) atoms. The molecule has 2 fully saturated rings. The van der Waals surface area contributed by atoms with Crippen molar-refractivity contribution in [1.29, 1.82) is 0 Å². The van der Waals surface area contributed by atoms with E-state index in [1.807, 2.05) is 4.90 Å². The Labute approximate surface area is 170 Å². The molecule has 0 radical (unpaired) electrons. The second-order valence-corrected chi connectivity index (χ2v) is 7.47. The number of hydrogen-bond acceptors (Lipinski definition) is 5. The normalized spacial score (nSPS) is 18.4. The van der Waals surface area contributed by atoms with Gasteiger partial charge in [0.1, 0.15) is 12.4 Å². The predicted molar refractivity (Wildman–Crippen MR) is 107 cm³/mol. The molecular weight excluding hydrogens is 370 g/mol. The van der Waals surface area contributed by atoms with Gasteiger partial charge in [0.2, 0.25) is 5.88 Å². The van der Waals surface area contributed by atoms with Crippen LogP contribution >= 0.6 is 0 Å². The van der Waals surface area contributed by atoms with E-state index in [2.05, 4.69) is 10.3 Å². The van der Waals surface area contributed by atoms with Crippen molar-refractivity contribution in [3.8, 4) is 11.6 Å². The molecule has 2 aromatic rings. The standard InChI is InChI=1S/C22H25N3O4/c1-28-20-11-6-16(13-23-20)22(27)25-12-2-3-18(25)14-29-19-9-4-15(5-10-19)21(26)24-17-7-8-17/h4-6,9-11,13,17-18H,2-3,7-8,12,14H2,1H3,(H,24,26). The predicted octanol–water partition coefficient (Wildman–Crippen LogP) is 2.67. The van der Waals surface area contributed by atoms with Crippen LogP contribution in [-0.4, -0.2) is 54.0 Å². The summed E-state index contributed by atoms with van der Waals surface area (Å²) in [6.07, 6.45) is 5.52. The van der Waals surface area contributed by atoms with Crippen LogP contribution in [-0.2, 0) is 0 Å². The van der Waals surface area contributed by atoms with Gasteiger partial charge in [0.15, 0.2) is 0 Å². The van der Waals surface area contributed by atoms with E-state index in [9.17, 15) is 9.59 Å². The zero-order valence-corrected chi connectivity index (χ0v) is 16.5. The Bertz CT molecular complexity index is 863. The molecule has 1 aromatic carbocycles. The van der Waals surface area contributed by atoms with Crippen molar-refractivity contribution in [2.75, 3.05) is 20.3 Å². The van der Waals surface area contributed by atoms with E-state index >= 15 is 0 Å². The van der Waals surface area contributed by atoms with Gasteiger partial charge < -0.3 is 19.7 Å². The molecule has 1 unspecified atom stereocenters. The molecule has 1 saturated heterocycles. The number of benzene rings is 1. The van der Waals surface area contributed by atoms with Crippen LogP contribution < -0.4 is 14.8 Å². The van der Waals surface area contributed by atoms with Gasteiger partial charge in [0, 0.05) is 30.4 Å². The Morgan fingerprint density at radius 1 is 1.10 bits per heavy atom. The summed E-state index contributed by atoms with van der Waals surface area (Å²) in [4.78, 5) is 30.9. The molecule has 2 amide bonds. The largest absolute Gasteiger partial charge is 0.491 e. The molecule has 1 aliphatic carbocycles. The summed E-state index contributed by atoms with van der Waals surface area (Å²) in [5, 5.41) is 2.97. The molecule has 1 saturated carbocycles. The quantitative estimate of drug-likeness (QED) is 0.780. The number of amides is 2. The summed E-state index contributed by atoms with van der Waals surface area (Å²) in [5.74, 6) is 1.09. The van der Waals surface area contributed by atoms with E-state index in [0.29, 0.717) is 41.9 Å². The highest BCUT2D eigenvalue weighted by Gasteiger charge is 2.30. The van der Waals surface area contributed by atoms with Crippen molar-refractivity contribution in [1.82, 2.24) is 15.2 Å². The van der Waals surface area contributed by atoms with E-state index < -0.39 is 0 Å². The Morgan fingerprint density at radius 3 is 2.52 bits per heavy atom. The number of pyridine rings is 1. The molecule has 0 bridgehead atoms. The highest BCUT2D eigenvalue weighted by atomic mass is 16.5. The van der Waals surface area contributed by atoms with Crippen LogP contribution in [0.1, 0.15) is 46.4 Å². The van der Waals surface area contributed by atoms with Crippen LogP contribution in [0.15, 0.2) is 42.6 Å². The Balaban J connectivity index is 1.33. The Hall–Kier alpha value is -3.09. The number of likely N-dealkylation sites (tertiary alicyclic amines) is 1. The summed E-state index contributed by atoms with van der Waals surface area (Å²) in [7, 11) is 1.55. The van der Waals surface area contributed by atoms with Crippen molar-refractivity contribution in [2.24, 2.45) is 0 Å². The van der Waals surface area contributed by atoms with Crippen molar-refractivity contribution < 1.29 is 19.1 Å². The number of methoxy groups -OCH3 is 1. The van der Waals surface area contributed by atoms with Crippen LogP contribution in [0, 0.1) is 0 Å². The van der Waals surface area contributed by atoms with Gasteiger partial charge in [-0.1, -0.05) is 0 Å². The molecule has 0 spiro atoms.